The molecule has 1 amide bonds. The van der Waals surface area contributed by atoms with Gasteiger partial charge in [-0.3, -0.25) is 10.1 Å². The van der Waals surface area contributed by atoms with Gasteiger partial charge in [0.1, 0.15) is 0 Å². The van der Waals surface area contributed by atoms with E-state index in [1.54, 1.807) is 11.8 Å². The van der Waals surface area contributed by atoms with E-state index in [2.05, 4.69) is 10.6 Å². The van der Waals surface area contributed by atoms with E-state index in [1.165, 1.54) is 0 Å². The number of hydrogen-bond donors (Lipinski definition) is 2. The lowest BCUT2D eigenvalue weighted by molar-refractivity contribution is -0.125. The van der Waals surface area contributed by atoms with Crippen molar-refractivity contribution < 1.29 is 9.53 Å². The van der Waals surface area contributed by atoms with E-state index >= 15 is 0 Å². The van der Waals surface area contributed by atoms with Crippen molar-refractivity contribution in [3.05, 3.63) is 0 Å². The van der Waals surface area contributed by atoms with Crippen LogP contribution in [-0.2, 0) is 9.53 Å². The van der Waals surface area contributed by atoms with Crippen molar-refractivity contribution in [3.63, 3.8) is 0 Å². The first kappa shape index (κ1) is 11.2. The minimum atomic E-state index is 0.0149. The zero-order valence-electron chi connectivity index (χ0n) is 8.99. The minimum Gasteiger partial charge on any atom is -0.378 e. The average molecular weight is 230 g/mol. The summed E-state index contributed by atoms with van der Waals surface area (Å²) in [5.41, 5.74) is 0. The molecule has 5 heteroatoms. The van der Waals surface area contributed by atoms with E-state index in [9.17, 15) is 4.79 Å². The van der Waals surface area contributed by atoms with E-state index in [4.69, 9.17) is 4.74 Å². The van der Waals surface area contributed by atoms with Gasteiger partial charge in [0.25, 0.3) is 0 Å². The fourth-order valence-electron chi connectivity index (χ4n) is 1.92. The number of carbonyl (C=O) groups is 1. The van der Waals surface area contributed by atoms with Crippen LogP contribution in [0.1, 0.15) is 19.8 Å². The summed E-state index contributed by atoms with van der Waals surface area (Å²) in [7, 11) is 0. The van der Waals surface area contributed by atoms with E-state index in [-0.39, 0.29) is 11.9 Å². The van der Waals surface area contributed by atoms with Crippen molar-refractivity contribution >= 4 is 17.7 Å². The number of rotatable bonds is 4. The highest BCUT2D eigenvalue weighted by molar-refractivity contribution is 7.99. The standard InChI is InChI=1S/C10H18N2O2S/c1-2-14-8-3-7(4-8)12-10(13)9-5-15-6-11-9/h7-9,11H,2-6H2,1H3,(H,12,13). The number of ether oxygens (including phenoxy) is 1. The Bertz CT molecular complexity index is 225. The highest BCUT2D eigenvalue weighted by Gasteiger charge is 2.32. The molecule has 4 nitrogen and oxygen atoms in total. The van der Waals surface area contributed by atoms with E-state index in [0.29, 0.717) is 12.1 Å². The average Bonchev–Trinajstić information content (AvgIpc) is 2.67. The molecule has 1 heterocycles. The highest BCUT2D eigenvalue weighted by atomic mass is 32.2. The molecule has 2 fully saturated rings. The second kappa shape index (κ2) is 5.18. The first-order chi connectivity index (χ1) is 7.29. The lowest BCUT2D eigenvalue weighted by Gasteiger charge is -2.35. The van der Waals surface area contributed by atoms with Gasteiger partial charge in [-0.15, -0.1) is 11.8 Å². The number of carbonyl (C=O) groups excluding carboxylic acids is 1. The predicted molar refractivity (Wildman–Crippen MR) is 60.8 cm³/mol. The van der Waals surface area contributed by atoms with Crippen molar-refractivity contribution in [1.29, 1.82) is 0 Å². The van der Waals surface area contributed by atoms with Crippen LogP contribution in [0, 0.1) is 0 Å². The molecule has 0 aromatic carbocycles. The fraction of sp³-hybridized carbons (Fsp3) is 0.900. The molecular formula is C10H18N2O2S. The highest BCUT2D eigenvalue weighted by Crippen LogP contribution is 2.23. The molecule has 1 aliphatic heterocycles. The summed E-state index contributed by atoms with van der Waals surface area (Å²) in [5, 5.41) is 6.22. The minimum absolute atomic E-state index is 0.0149. The van der Waals surface area contributed by atoms with E-state index in [0.717, 1.165) is 31.1 Å². The molecule has 1 saturated heterocycles. The molecule has 1 aliphatic carbocycles. The molecule has 0 bridgehead atoms. The van der Waals surface area contributed by atoms with Gasteiger partial charge in [0.05, 0.1) is 12.1 Å². The third kappa shape index (κ3) is 2.86. The molecule has 0 aromatic rings. The van der Waals surface area contributed by atoms with Gasteiger partial charge in [-0.2, -0.15) is 0 Å². The number of hydrogen-bond acceptors (Lipinski definition) is 4. The molecule has 1 atom stereocenters. The van der Waals surface area contributed by atoms with Crippen molar-refractivity contribution in [2.24, 2.45) is 0 Å². The van der Waals surface area contributed by atoms with Gasteiger partial charge in [0.2, 0.25) is 5.91 Å². The summed E-state index contributed by atoms with van der Waals surface area (Å²) in [6.45, 7) is 2.78. The Morgan fingerprint density at radius 2 is 2.40 bits per heavy atom. The Morgan fingerprint density at radius 1 is 1.60 bits per heavy atom. The van der Waals surface area contributed by atoms with Gasteiger partial charge in [-0.1, -0.05) is 0 Å². The van der Waals surface area contributed by atoms with Gasteiger partial charge >= 0.3 is 0 Å². The molecule has 2 rings (SSSR count). The smallest absolute Gasteiger partial charge is 0.238 e. The SMILES string of the molecule is CCOC1CC(NC(=O)C2CSCN2)C1. The second-order valence-electron chi connectivity index (χ2n) is 4.03. The molecule has 0 spiro atoms. The van der Waals surface area contributed by atoms with Gasteiger partial charge in [0.15, 0.2) is 0 Å². The van der Waals surface area contributed by atoms with Crippen molar-refractivity contribution in [3.8, 4) is 0 Å². The van der Waals surface area contributed by atoms with Crippen LogP contribution < -0.4 is 10.6 Å². The maximum absolute atomic E-state index is 11.7. The third-order valence-corrected chi connectivity index (χ3v) is 3.82. The fourth-order valence-corrected chi connectivity index (χ4v) is 2.86. The quantitative estimate of drug-likeness (QED) is 0.731. The molecule has 0 radical (unpaired) electrons. The van der Waals surface area contributed by atoms with Crippen molar-refractivity contribution in [2.75, 3.05) is 18.2 Å². The number of thioether (sulfide) groups is 1. The largest absolute Gasteiger partial charge is 0.378 e. The molecule has 2 N–H and O–H groups in total. The summed E-state index contributed by atoms with van der Waals surface area (Å²) >= 11 is 1.78. The Hall–Kier alpha value is -0.260. The van der Waals surface area contributed by atoms with Crippen LogP contribution in [0.15, 0.2) is 0 Å². The normalized spacial score (nSPS) is 34.9. The Labute approximate surface area is 94.5 Å². The Kier molecular flexibility index (Phi) is 3.88. The van der Waals surface area contributed by atoms with Crippen molar-refractivity contribution in [1.82, 2.24) is 10.6 Å². The number of amides is 1. The van der Waals surface area contributed by atoms with Crippen LogP contribution in [0.5, 0.6) is 0 Å². The van der Waals surface area contributed by atoms with Crippen molar-refractivity contribution in [2.45, 2.75) is 38.0 Å². The Morgan fingerprint density at radius 3 is 3.00 bits per heavy atom. The molecule has 15 heavy (non-hydrogen) atoms. The first-order valence-electron chi connectivity index (χ1n) is 5.52. The lowest BCUT2D eigenvalue weighted by Crippen LogP contribution is -2.52. The number of nitrogens with one attached hydrogen (secondary N) is 2. The first-order valence-corrected chi connectivity index (χ1v) is 6.68. The zero-order valence-corrected chi connectivity index (χ0v) is 9.81. The Balaban J connectivity index is 1.64. The molecular weight excluding hydrogens is 212 g/mol. The van der Waals surface area contributed by atoms with Crippen LogP contribution in [0.25, 0.3) is 0 Å². The lowest BCUT2D eigenvalue weighted by atomic mass is 9.89. The van der Waals surface area contributed by atoms with Crippen LogP contribution in [0.2, 0.25) is 0 Å². The summed E-state index contributed by atoms with van der Waals surface area (Å²) in [6.07, 6.45) is 2.31. The van der Waals surface area contributed by atoms with Gasteiger partial charge in [0, 0.05) is 24.3 Å². The summed E-state index contributed by atoms with van der Waals surface area (Å²) in [5.74, 6) is 1.94. The monoisotopic (exact) mass is 230 g/mol. The van der Waals surface area contributed by atoms with Gasteiger partial charge < -0.3 is 10.1 Å². The van der Waals surface area contributed by atoms with Crippen LogP contribution >= 0.6 is 11.8 Å². The van der Waals surface area contributed by atoms with Gasteiger partial charge in [-0.25, -0.2) is 0 Å². The summed E-state index contributed by atoms with van der Waals surface area (Å²) in [6, 6.07) is 0.350. The maximum Gasteiger partial charge on any atom is 0.238 e. The second-order valence-corrected chi connectivity index (χ2v) is 5.06. The van der Waals surface area contributed by atoms with Crippen LogP contribution in [0.4, 0.5) is 0 Å². The molecule has 0 aromatic heterocycles. The summed E-state index contributed by atoms with van der Waals surface area (Å²) < 4.78 is 5.44. The third-order valence-electron chi connectivity index (χ3n) is 2.88. The molecule has 1 saturated carbocycles. The summed E-state index contributed by atoms with van der Waals surface area (Å²) in [4.78, 5) is 11.7. The molecule has 86 valence electrons. The topological polar surface area (TPSA) is 50.4 Å². The van der Waals surface area contributed by atoms with Gasteiger partial charge in [-0.05, 0) is 19.8 Å². The van der Waals surface area contributed by atoms with Crippen LogP contribution in [0.3, 0.4) is 0 Å². The van der Waals surface area contributed by atoms with Crippen LogP contribution in [-0.4, -0.2) is 42.3 Å². The molecule has 2 aliphatic rings. The molecule has 1 unspecified atom stereocenters. The van der Waals surface area contributed by atoms with E-state index < -0.39 is 0 Å². The van der Waals surface area contributed by atoms with E-state index in [1.807, 2.05) is 6.92 Å². The zero-order chi connectivity index (χ0) is 10.7. The predicted octanol–water partition coefficient (Wildman–Crippen LogP) is 0.333. The maximum atomic E-state index is 11.7.